The highest BCUT2D eigenvalue weighted by molar-refractivity contribution is 5.91. The largest absolute Gasteiger partial charge is 0.476 e. The van der Waals surface area contributed by atoms with Crippen molar-refractivity contribution in [3.8, 4) is 0 Å². The van der Waals surface area contributed by atoms with Gasteiger partial charge in [0.25, 0.3) is 0 Å². The summed E-state index contributed by atoms with van der Waals surface area (Å²) in [7, 11) is 0. The van der Waals surface area contributed by atoms with E-state index in [1.807, 2.05) is 6.08 Å². The summed E-state index contributed by atoms with van der Waals surface area (Å²) in [4.78, 5) is 11.4. The summed E-state index contributed by atoms with van der Waals surface area (Å²) in [6.07, 6.45) is 11.4. The average Bonchev–Trinajstić information content (AvgIpc) is 3.06. The van der Waals surface area contributed by atoms with Gasteiger partial charge in [0.1, 0.15) is 0 Å². The molecule has 0 radical (unpaired) electrons. The highest BCUT2D eigenvalue weighted by Gasteiger charge is 2.42. The van der Waals surface area contributed by atoms with Gasteiger partial charge >= 0.3 is 5.97 Å². The van der Waals surface area contributed by atoms with Crippen LogP contribution in [0.3, 0.4) is 0 Å². The number of aromatic carboxylic acids is 1. The first kappa shape index (κ1) is 15.2. The SMILES string of the molecule is O=C(O)c1n[nH]c2c1C=CC(c1ccccc1)(C1CCCCC1)C2. The number of hydrogen-bond acceptors (Lipinski definition) is 2. The van der Waals surface area contributed by atoms with Crippen LogP contribution in [0.25, 0.3) is 6.08 Å². The summed E-state index contributed by atoms with van der Waals surface area (Å²) in [5.74, 6) is -0.378. The Bertz CT molecular complexity index is 772. The number of rotatable bonds is 3. The lowest BCUT2D eigenvalue weighted by Crippen LogP contribution is -2.38. The maximum absolute atomic E-state index is 11.4. The monoisotopic (exact) mass is 322 g/mol. The van der Waals surface area contributed by atoms with Crippen molar-refractivity contribution >= 4 is 12.0 Å². The third-order valence-electron chi connectivity index (χ3n) is 5.75. The topological polar surface area (TPSA) is 66.0 Å². The molecule has 124 valence electrons. The van der Waals surface area contributed by atoms with Crippen LogP contribution < -0.4 is 0 Å². The zero-order valence-electron chi connectivity index (χ0n) is 13.7. The molecule has 0 saturated heterocycles. The summed E-state index contributed by atoms with van der Waals surface area (Å²) in [6.45, 7) is 0. The summed E-state index contributed by atoms with van der Waals surface area (Å²) in [5.41, 5.74) is 3.09. The van der Waals surface area contributed by atoms with Crippen molar-refractivity contribution in [2.24, 2.45) is 5.92 Å². The number of aromatic amines is 1. The van der Waals surface area contributed by atoms with Crippen LogP contribution in [0.1, 0.15) is 59.4 Å². The third kappa shape index (κ3) is 2.37. The number of carboxylic acid groups (broad SMARTS) is 1. The van der Waals surface area contributed by atoms with Gasteiger partial charge in [-0.3, -0.25) is 5.10 Å². The van der Waals surface area contributed by atoms with Crippen molar-refractivity contribution in [3.63, 3.8) is 0 Å². The van der Waals surface area contributed by atoms with Crippen LogP contribution in [0.2, 0.25) is 0 Å². The van der Waals surface area contributed by atoms with E-state index in [1.165, 1.54) is 37.7 Å². The van der Waals surface area contributed by atoms with Gasteiger partial charge in [0.2, 0.25) is 0 Å². The molecule has 1 saturated carbocycles. The number of hydrogen-bond donors (Lipinski definition) is 2. The maximum atomic E-state index is 11.4. The molecular formula is C20H22N2O2. The summed E-state index contributed by atoms with van der Waals surface area (Å²) in [5, 5.41) is 16.3. The molecule has 1 aromatic carbocycles. The number of carbonyl (C=O) groups is 1. The molecule has 1 fully saturated rings. The minimum absolute atomic E-state index is 0.0585. The van der Waals surface area contributed by atoms with Gasteiger partial charge in [-0.05, 0) is 24.3 Å². The lowest BCUT2D eigenvalue weighted by atomic mass is 9.61. The lowest BCUT2D eigenvalue weighted by Gasteiger charge is -2.42. The first-order chi connectivity index (χ1) is 11.7. The molecule has 1 heterocycles. The zero-order valence-corrected chi connectivity index (χ0v) is 13.7. The van der Waals surface area contributed by atoms with Gasteiger partial charge in [-0.25, -0.2) is 4.79 Å². The second kappa shape index (κ2) is 5.93. The molecule has 2 aliphatic rings. The standard InChI is InChI=1S/C20H22N2O2/c23-19(24)18-16-11-12-20(13-17(16)21-22-18,14-7-3-1-4-8-14)15-9-5-2-6-10-15/h1,3-4,7-8,11-12,15H,2,5-6,9-10,13H2,(H,21,22)(H,23,24). The van der Waals surface area contributed by atoms with E-state index in [0.717, 1.165) is 17.7 Å². The number of carboxylic acids is 1. The first-order valence-electron chi connectivity index (χ1n) is 8.76. The molecular weight excluding hydrogens is 300 g/mol. The Balaban J connectivity index is 1.80. The van der Waals surface area contributed by atoms with Gasteiger partial charge in [-0.15, -0.1) is 0 Å². The second-order valence-electron chi connectivity index (χ2n) is 7.02. The van der Waals surface area contributed by atoms with Crippen LogP contribution in [0, 0.1) is 5.92 Å². The molecule has 4 nitrogen and oxygen atoms in total. The third-order valence-corrected chi connectivity index (χ3v) is 5.75. The van der Waals surface area contributed by atoms with Crippen molar-refractivity contribution in [1.82, 2.24) is 10.2 Å². The van der Waals surface area contributed by atoms with Crippen molar-refractivity contribution in [3.05, 3.63) is 58.9 Å². The lowest BCUT2D eigenvalue weighted by molar-refractivity contribution is 0.0690. The average molecular weight is 322 g/mol. The fourth-order valence-corrected chi connectivity index (χ4v) is 4.53. The normalized spacial score (nSPS) is 23.8. The fraction of sp³-hybridized carbons (Fsp3) is 0.400. The Morgan fingerprint density at radius 3 is 2.62 bits per heavy atom. The van der Waals surface area contributed by atoms with E-state index in [9.17, 15) is 9.90 Å². The number of benzene rings is 1. The molecule has 2 aromatic rings. The molecule has 2 aliphatic carbocycles. The second-order valence-corrected chi connectivity index (χ2v) is 7.02. The van der Waals surface area contributed by atoms with Crippen molar-refractivity contribution in [2.75, 3.05) is 0 Å². The van der Waals surface area contributed by atoms with E-state index in [1.54, 1.807) is 0 Å². The Morgan fingerprint density at radius 1 is 1.17 bits per heavy atom. The Hall–Kier alpha value is -2.36. The smallest absolute Gasteiger partial charge is 0.357 e. The number of allylic oxidation sites excluding steroid dienone is 1. The summed E-state index contributed by atoms with van der Waals surface area (Å²) in [6, 6.07) is 10.7. The number of nitrogens with one attached hydrogen (secondary N) is 1. The quantitative estimate of drug-likeness (QED) is 0.890. The van der Waals surface area contributed by atoms with Crippen LogP contribution in [0.4, 0.5) is 0 Å². The van der Waals surface area contributed by atoms with E-state index in [2.05, 4.69) is 46.6 Å². The molecule has 24 heavy (non-hydrogen) atoms. The van der Waals surface area contributed by atoms with Crippen LogP contribution in [-0.4, -0.2) is 21.3 Å². The van der Waals surface area contributed by atoms with Gasteiger partial charge < -0.3 is 5.11 Å². The highest BCUT2D eigenvalue weighted by Crippen LogP contribution is 2.47. The van der Waals surface area contributed by atoms with Gasteiger partial charge in [0.15, 0.2) is 5.69 Å². The van der Waals surface area contributed by atoms with Crippen molar-refractivity contribution < 1.29 is 9.90 Å². The molecule has 4 rings (SSSR count). The minimum Gasteiger partial charge on any atom is -0.476 e. The molecule has 1 aromatic heterocycles. The summed E-state index contributed by atoms with van der Waals surface area (Å²) < 4.78 is 0. The Labute approximate surface area is 141 Å². The number of nitrogens with zero attached hydrogens (tertiary/aromatic N) is 1. The van der Waals surface area contributed by atoms with Gasteiger partial charge in [0.05, 0.1) is 0 Å². The molecule has 0 bridgehead atoms. The van der Waals surface area contributed by atoms with E-state index in [0.29, 0.717) is 5.92 Å². The molecule has 0 amide bonds. The minimum atomic E-state index is -0.970. The van der Waals surface area contributed by atoms with Crippen molar-refractivity contribution in [2.45, 2.75) is 43.9 Å². The molecule has 0 spiro atoms. The summed E-state index contributed by atoms with van der Waals surface area (Å²) >= 11 is 0. The van der Waals surface area contributed by atoms with Gasteiger partial charge in [-0.1, -0.05) is 61.7 Å². The van der Waals surface area contributed by atoms with Gasteiger partial charge in [-0.2, -0.15) is 5.10 Å². The number of aromatic nitrogens is 2. The Morgan fingerprint density at radius 2 is 1.92 bits per heavy atom. The van der Waals surface area contributed by atoms with Crippen molar-refractivity contribution in [1.29, 1.82) is 0 Å². The predicted octanol–water partition coefficient (Wildman–Crippen LogP) is 4.20. The van der Waals surface area contributed by atoms with E-state index in [4.69, 9.17) is 0 Å². The van der Waals surface area contributed by atoms with Crippen LogP contribution >= 0.6 is 0 Å². The molecule has 1 atom stereocenters. The number of fused-ring (bicyclic) bond motifs is 1. The van der Waals surface area contributed by atoms with Gasteiger partial charge in [0, 0.05) is 23.1 Å². The molecule has 1 unspecified atom stereocenters. The van der Waals surface area contributed by atoms with Crippen LogP contribution in [0.15, 0.2) is 36.4 Å². The van der Waals surface area contributed by atoms with E-state index in [-0.39, 0.29) is 11.1 Å². The van der Waals surface area contributed by atoms with E-state index < -0.39 is 5.97 Å². The van der Waals surface area contributed by atoms with Crippen LogP contribution in [-0.2, 0) is 11.8 Å². The number of H-pyrrole nitrogens is 1. The first-order valence-corrected chi connectivity index (χ1v) is 8.76. The van der Waals surface area contributed by atoms with Crippen LogP contribution in [0.5, 0.6) is 0 Å². The molecule has 0 aliphatic heterocycles. The maximum Gasteiger partial charge on any atom is 0.357 e. The molecule has 4 heteroatoms. The highest BCUT2D eigenvalue weighted by atomic mass is 16.4. The predicted molar refractivity (Wildman–Crippen MR) is 93.0 cm³/mol. The zero-order chi connectivity index (χ0) is 16.6. The fourth-order valence-electron chi connectivity index (χ4n) is 4.53. The van der Waals surface area contributed by atoms with E-state index >= 15 is 0 Å². The molecule has 2 N–H and O–H groups in total. The Kier molecular flexibility index (Phi) is 3.75.